The van der Waals surface area contributed by atoms with Crippen LogP contribution in [0, 0.1) is 0 Å². The zero-order valence-electron chi connectivity index (χ0n) is 9.25. The van der Waals surface area contributed by atoms with Crippen molar-refractivity contribution in [2.24, 2.45) is 4.99 Å². The van der Waals surface area contributed by atoms with E-state index in [2.05, 4.69) is 11.6 Å². The fourth-order valence-corrected chi connectivity index (χ4v) is 1.30. The van der Waals surface area contributed by atoms with Gasteiger partial charge in [0.15, 0.2) is 0 Å². The normalized spacial score (nSPS) is 15.9. The van der Waals surface area contributed by atoms with Gasteiger partial charge in [0.1, 0.15) is 11.8 Å². The van der Waals surface area contributed by atoms with E-state index in [4.69, 9.17) is 4.74 Å². The minimum Gasteiger partial charge on any atom is -0.373 e. The van der Waals surface area contributed by atoms with Crippen LogP contribution < -0.4 is 0 Å². The minimum absolute atomic E-state index is 0.621. The summed E-state index contributed by atoms with van der Waals surface area (Å²) in [6, 6.07) is 0. The number of hydrogen-bond donors (Lipinski definition) is 0. The van der Waals surface area contributed by atoms with Gasteiger partial charge in [-0.1, -0.05) is 18.7 Å². The monoisotopic (exact) mass is 199 g/mol. The molecule has 2 nitrogen and oxygen atoms in total. The van der Waals surface area contributed by atoms with E-state index in [1.165, 1.54) is 21.0 Å². The van der Waals surface area contributed by atoms with E-state index < -0.39 is 11.8 Å². The average molecular weight is 199 g/mol. The predicted molar refractivity (Wildman–Crippen MR) is 58.7 cm³/mol. The Morgan fingerprint density at radius 3 is 2.43 bits per heavy atom. The molecule has 0 bridgehead atoms. The molecule has 0 heterocycles. The Balaban J connectivity index is 4.96. The molecule has 1 unspecified atom stereocenters. The van der Waals surface area contributed by atoms with Crippen LogP contribution in [0.3, 0.4) is 0 Å². The molecule has 0 aromatic heterocycles. The van der Waals surface area contributed by atoms with Crippen LogP contribution in [-0.4, -0.2) is 32.1 Å². The smallest absolute Gasteiger partial charge is 0.135 e. The quantitative estimate of drug-likeness (QED) is 0.492. The Kier molecular flexibility index (Phi) is 5.31. The van der Waals surface area contributed by atoms with E-state index in [1.54, 1.807) is 25.4 Å². The van der Waals surface area contributed by atoms with Crippen molar-refractivity contribution in [3.05, 3.63) is 24.3 Å². The molecule has 0 radical (unpaired) electrons. The lowest BCUT2D eigenvalue weighted by Gasteiger charge is -2.26. The van der Waals surface area contributed by atoms with Crippen LogP contribution in [0.2, 0.25) is 0 Å². The van der Waals surface area contributed by atoms with E-state index in [-0.39, 0.29) is 0 Å². The first kappa shape index (κ1) is 13.0. The van der Waals surface area contributed by atoms with Gasteiger partial charge >= 0.3 is 0 Å². The summed E-state index contributed by atoms with van der Waals surface area (Å²) < 4.78 is 18.8. The van der Waals surface area contributed by atoms with Gasteiger partial charge in [-0.3, -0.25) is 4.99 Å². The number of ether oxygens (including phenoxy) is 1. The Hall–Kier alpha value is -0.960. The van der Waals surface area contributed by atoms with Crippen molar-refractivity contribution in [3.63, 3.8) is 0 Å². The van der Waals surface area contributed by atoms with Crippen LogP contribution in [0.25, 0.3) is 0 Å². The fraction of sp³-hybridized carbons (Fsp3) is 0.545. The van der Waals surface area contributed by atoms with Crippen molar-refractivity contribution in [3.8, 4) is 0 Å². The molecule has 0 aromatic rings. The highest BCUT2D eigenvalue weighted by Crippen LogP contribution is 2.22. The van der Waals surface area contributed by atoms with Gasteiger partial charge in [-0.05, 0) is 13.8 Å². The number of aliphatic imine (C=N–C) groups is 1. The van der Waals surface area contributed by atoms with E-state index >= 15 is 0 Å². The molecule has 3 heteroatoms. The van der Waals surface area contributed by atoms with Gasteiger partial charge in [-0.2, -0.15) is 0 Å². The molecule has 0 amide bonds. The largest absolute Gasteiger partial charge is 0.373 e. The summed E-state index contributed by atoms with van der Waals surface area (Å²) in [4.78, 5) is 3.85. The first-order valence-corrected chi connectivity index (χ1v) is 4.43. The fourth-order valence-electron chi connectivity index (χ4n) is 1.30. The number of hydrogen-bond acceptors (Lipinski definition) is 2. The third kappa shape index (κ3) is 3.83. The van der Waals surface area contributed by atoms with E-state index in [0.29, 0.717) is 5.57 Å². The summed E-state index contributed by atoms with van der Waals surface area (Å²) >= 11 is 0. The lowest BCUT2D eigenvalue weighted by atomic mass is 9.96. The lowest BCUT2D eigenvalue weighted by molar-refractivity contribution is 0.0114. The summed E-state index contributed by atoms with van der Waals surface area (Å²) in [7, 11) is 3.11. The molecular formula is C11H18FNO. The topological polar surface area (TPSA) is 21.6 Å². The standard InChI is InChI=1S/C11H18FNO/c1-6-7-9(8-13-4)10(14-5)11(2,3)12/h6-8,10H,1H2,2-5H3/b9-7+,13-8?. The number of methoxy groups -OCH3 is 1. The minimum atomic E-state index is -1.44. The molecule has 0 N–H and O–H groups in total. The van der Waals surface area contributed by atoms with Crippen molar-refractivity contribution >= 4 is 6.21 Å². The molecule has 0 aromatic carbocycles. The Morgan fingerprint density at radius 1 is 1.57 bits per heavy atom. The number of nitrogens with zero attached hydrogens (tertiary/aromatic N) is 1. The third-order valence-electron chi connectivity index (χ3n) is 1.75. The molecule has 0 saturated heterocycles. The third-order valence-corrected chi connectivity index (χ3v) is 1.75. The summed E-state index contributed by atoms with van der Waals surface area (Å²) in [6.07, 6.45) is 4.25. The molecule has 14 heavy (non-hydrogen) atoms. The van der Waals surface area contributed by atoms with E-state index in [0.717, 1.165) is 0 Å². The number of allylic oxidation sites excluding steroid dienone is 2. The lowest BCUT2D eigenvalue weighted by Crippen LogP contribution is -2.35. The van der Waals surface area contributed by atoms with Crippen molar-refractivity contribution in [2.45, 2.75) is 25.6 Å². The maximum absolute atomic E-state index is 13.7. The van der Waals surface area contributed by atoms with Crippen LogP contribution in [0.4, 0.5) is 4.39 Å². The summed E-state index contributed by atoms with van der Waals surface area (Å²) in [5.74, 6) is 0. The molecule has 0 rings (SSSR count). The number of alkyl halides is 1. The van der Waals surface area contributed by atoms with Crippen molar-refractivity contribution in [2.75, 3.05) is 14.2 Å². The SMILES string of the molecule is C=C/C=C(\C=NC)C(OC)C(C)(C)F. The van der Waals surface area contributed by atoms with Crippen LogP contribution >= 0.6 is 0 Å². The van der Waals surface area contributed by atoms with Gasteiger partial charge in [0.25, 0.3) is 0 Å². The van der Waals surface area contributed by atoms with Crippen LogP contribution in [0.15, 0.2) is 29.3 Å². The molecule has 0 aliphatic carbocycles. The Morgan fingerprint density at radius 2 is 2.14 bits per heavy atom. The molecule has 0 aliphatic rings. The average Bonchev–Trinajstić information content (AvgIpc) is 2.03. The highest BCUT2D eigenvalue weighted by molar-refractivity contribution is 5.80. The summed E-state index contributed by atoms with van der Waals surface area (Å²) in [5.41, 5.74) is -0.761. The predicted octanol–water partition coefficient (Wildman–Crippen LogP) is 2.56. The molecular weight excluding hydrogens is 181 g/mol. The van der Waals surface area contributed by atoms with Gasteiger partial charge in [0, 0.05) is 25.9 Å². The van der Waals surface area contributed by atoms with Crippen LogP contribution in [-0.2, 0) is 4.74 Å². The number of rotatable bonds is 5. The van der Waals surface area contributed by atoms with E-state index in [9.17, 15) is 4.39 Å². The molecule has 0 fully saturated rings. The summed E-state index contributed by atoms with van der Waals surface area (Å²) in [6.45, 7) is 6.51. The van der Waals surface area contributed by atoms with Crippen molar-refractivity contribution in [1.82, 2.24) is 0 Å². The second-order valence-corrected chi connectivity index (χ2v) is 3.47. The molecule has 1 atom stereocenters. The van der Waals surface area contributed by atoms with Gasteiger partial charge in [-0.25, -0.2) is 4.39 Å². The summed E-state index contributed by atoms with van der Waals surface area (Å²) in [5, 5.41) is 0. The molecule has 0 saturated carbocycles. The maximum Gasteiger partial charge on any atom is 0.135 e. The highest BCUT2D eigenvalue weighted by Gasteiger charge is 2.31. The Bertz CT molecular complexity index is 238. The first-order chi connectivity index (χ1) is 6.47. The molecule has 0 aliphatic heterocycles. The zero-order valence-corrected chi connectivity index (χ0v) is 9.25. The second-order valence-electron chi connectivity index (χ2n) is 3.47. The van der Waals surface area contributed by atoms with Crippen molar-refractivity contribution < 1.29 is 9.13 Å². The highest BCUT2D eigenvalue weighted by atomic mass is 19.1. The molecule has 80 valence electrons. The molecule has 0 spiro atoms. The van der Waals surface area contributed by atoms with Gasteiger partial charge in [-0.15, -0.1) is 0 Å². The zero-order chi connectivity index (χ0) is 11.2. The van der Waals surface area contributed by atoms with Crippen LogP contribution in [0.5, 0.6) is 0 Å². The van der Waals surface area contributed by atoms with Gasteiger partial charge in [0.2, 0.25) is 0 Å². The first-order valence-electron chi connectivity index (χ1n) is 4.43. The maximum atomic E-state index is 13.7. The van der Waals surface area contributed by atoms with Gasteiger partial charge in [0.05, 0.1) is 0 Å². The van der Waals surface area contributed by atoms with Gasteiger partial charge < -0.3 is 4.74 Å². The van der Waals surface area contributed by atoms with Crippen LogP contribution in [0.1, 0.15) is 13.8 Å². The van der Waals surface area contributed by atoms with Crippen molar-refractivity contribution in [1.29, 1.82) is 0 Å². The number of halogens is 1. The Labute approximate surface area is 85.2 Å². The van der Waals surface area contributed by atoms with E-state index in [1.807, 2.05) is 0 Å². The second kappa shape index (κ2) is 5.70.